The first-order chi connectivity index (χ1) is 62.6. The fraction of sp³-hybridized carbons (Fsp3) is 0.534. The Morgan fingerprint density at radius 1 is 0.523 bits per heavy atom. The Labute approximate surface area is 765 Å². The van der Waals surface area contributed by atoms with Gasteiger partial charge in [0.15, 0.2) is 0 Å². The first-order valence-electron chi connectivity index (χ1n) is 43.9. The number of hydrogen-bond donors (Lipinski definition) is 19. The molecule has 0 unspecified atom stereocenters. The molecule has 3 aliphatic rings. The number of amides is 18. The molecule has 3 aromatic carbocycles. The summed E-state index contributed by atoms with van der Waals surface area (Å²) in [6.07, 6.45) is -1.68. The molecule has 5 heterocycles. The number of aliphatic hydroxyl groups excluding tert-OH is 2. The lowest BCUT2D eigenvalue weighted by molar-refractivity contribution is -0.149. The number of nitrogens with two attached hydrogens (primary N) is 3. The maximum atomic E-state index is 15.7. The molecule has 8 rings (SSSR count). The van der Waals surface area contributed by atoms with Crippen molar-refractivity contribution in [2.24, 2.45) is 23.1 Å². The molecule has 22 N–H and O–H groups in total. The minimum absolute atomic E-state index is 0.0542. The van der Waals surface area contributed by atoms with Gasteiger partial charge in [0.25, 0.3) is 0 Å². The van der Waals surface area contributed by atoms with E-state index in [9.17, 15) is 78.0 Å². The largest absolute Gasteiger partial charge is 0.508 e. The molecule has 0 aliphatic carbocycles. The van der Waals surface area contributed by atoms with Crippen LogP contribution in [0.1, 0.15) is 141 Å². The van der Waals surface area contributed by atoms with E-state index in [2.05, 4.69) is 63.1 Å². The van der Waals surface area contributed by atoms with Crippen LogP contribution >= 0.6 is 11.8 Å². The Balaban J connectivity index is 1.19. The van der Waals surface area contributed by atoms with E-state index >= 15 is 33.6 Å². The number of nitrogens with zero attached hydrogens (tertiary/aromatic N) is 5. The van der Waals surface area contributed by atoms with Gasteiger partial charge in [-0.1, -0.05) is 102 Å². The third kappa shape index (κ3) is 28.9. The highest BCUT2D eigenvalue weighted by atomic mass is 32.2. The fourth-order valence-corrected chi connectivity index (χ4v) is 17.0. The average Bonchev–Trinajstić information content (AvgIpc) is 1.09. The first kappa shape index (κ1) is 104. The van der Waals surface area contributed by atoms with Crippen LogP contribution < -0.4 is 70.4 Å². The van der Waals surface area contributed by atoms with E-state index in [0.717, 1.165) is 24.5 Å². The Bertz CT molecular complexity index is 5030. The number of likely N-dealkylation sites (N-methyl/N-ethyl adjacent to an activating group) is 3. The maximum absolute atomic E-state index is 15.7. The highest BCUT2D eigenvalue weighted by Crippen LogP contribution is 2.28. The molecule has 2 aromatic heterocycles. The van der Waals surface area contributed by atoms with Crippen molar-refractivity contribution >= 4 is 146 Å². The van der Waals surface area contributed by atoms with Gasteiger partial charge in [0.05, 0.1) is 37.9 Å². The number of aromatic nitrogens is 2. The van der Waals surface area contributed by atoms with Gasteiger partial charge in [-0.25, -0.2) is 0 Å². The number of benzene rings is 3. The second-order valence-electron chi connectivity index (χ2n) is 33.8. The average molecular weight is 1860 g/mol. The second-order valence-corrected chi connectivity index (χ2v) is 34.8. The molecular weight excluding hydrogens is 1740 g/mol. The van der Waals surface area contributed by atoms with Gasteiger partial charge < -0.3 is 125 Å². The van der Waals surface area contributed by atoms with Crippen LogP contribution in [0.25, 0.3) is 21.8 Å². The van der Waals surface area contributed by atoms with E-state index < -0.39 is 272 Å². The highest BCUT2D eigenvalue weighted by Gasteiger charge is 2.47. The van der Waals surface area contributed by atoms with Crippen LogP contribution in [0.4, 0.5) is 0 Å². The van der Waals surface area contributed by atoms with Crippen molar-refractivity contribution < 1.29 is 112 Å². The van der Waals surface area contributed by atoms with E-state index in [4.69, 9.17) is 17.2 Å². The normalized spacial score (nSPS) is 25.1. The van der Waals surface area contributed by atoms with Gasteiger partial charge in [-0.2, -0.15) is 0 Å². The number of aromatic hydroxyl groups is 1. The number of hydrogen-bond acceptors (Lipinski definition) is 23. The van der Waals surface area contributed by atoms with Gasteiger partial charge in [-0.3, -0.25) is 91.1 Å². The standard InChI is InChI=1S/C88H122N20O23S/c1-9-11-22-66-81(124)96-57(29-30-74(116)117)77(120)103-65(76(119)94-41-72(91)114)44-132-45-73(115)95-61(33-48-25-27-51(110)28-26-48)84(127)104(6)47(5)75(118)99-63(38-71(90)113)86(129)107-31-17-24-67(107)82(125)98-59(37-70(89)112)79(122)100-60(32-46(3)4)87(130)108-42-52(111)36-69(108)83(126)97-58(34-49-39-92-55-20-15-13-18-53(49)55)78(121)102-64(43-109)80(123)101-62(35-50-40-93-56-21-16-14-19-54(50)56)85(128)106(8)68(23-12-10-2)88(131)105(66)7/h13-16,18-21,25-28,39-40,46-47,52,57-69,92-93,109-111H,9-12,17,22-24,29-38,41-45H2,1-8H3,(H2,89,112)(H2,90,113)(H2,91,114)(H,94,119)(H,95,115)(H,96,124)(H,97,126)(H,98,125)(H,99,118)(H,100,122)(H,101,123)(H,102,121)(H,103,120)(H,116,117)/t47-,52+,57-,58-,59-,60-,61-,62-,63+,64-,65-,66-,67-,68-,69-/m0/s1. The molecule has 15 atom stereocenters. The quantitative estimate of drug-likeness (QED) is 0.0271. The number of phenols is 1. The zero-order valence-corrected chi connectivity index (χ0v) is 75.8. The zero-order chi connectivity index (χ0) is 97.1. The number of unbranched alkanes of at least 4 members (excludes halogenated alkanes) is 2. The van der Waals surface area contributed by atoms with Crippen LogP contribution in [0.2, 0.25) is 0 Å². The molecule has 132 heavy (non-hydrogen) atoms. The SMILES string of the molecule is CCCC[C@H]1C(=O)N(C)[C@@H](CCCC)C(=O)N[C@@H](CCC(=O)O)C(=O)N[C@H](C(=O)NCC(N)=O)CSCC(=O)N[C@@H](Cc2ccc(O)cc2)C(=O)N(C)[C@@H](C)C(=O)N[C@H](CC(N)=O)C(=O)N2CCC[C@H]2C(=O)N[C@@H](CC(N)=O)C(=O)N[C@@H](CC(C)C)C(=O)N2C[C@H](O)C[C@H]2C(=O)N[C@@H](Cc2c[nH]c3ccccc23)C(=O)N[C@@H](CO)C(=O)N[C@@H](Cc2c[nH]c3ccccc23)C(=O)N1C. The number of thioether (sulfide) groups is 1. The number of aromatic amines is 2. The third-order valence-corrected chi connectivity index (χ3v) is 24.4. The van der Waals surface area contributed by atoms with Gasteiger partial charge in [0.2, 0.25) is 106 Å². The lowest BCUT2D eigenvalue weighted by Crippen LogP contribution is -2.62. The number of carbonyl (C=O) groups is 19. The fourth-order valence-electron chi connectivity index (χ4n) is 16.1. The number of carboxylic acid groups (broad SMARTS) is 1. The summed E-state index contributed by atoms with van der Waals surface area (Å²) in [7, 11) is 3.75. The Hall–Kier alpha value is -13.3. The number of nitrogens with one attached hydrogen (secondary N) is 12. The highest BCUT2D eigenvalue weighted by molar-refractivity contribution is 8.00. The summed E-state index contributed by atoms with van der Waals surface area (Å²) < 4.78 is 0. The Morgan fingerprint density at radius 2 is 1.02 bits per heavy atom. The Kier molecular flexibility index (Phi) is 38.7. The predicted octanol–water partition coefficient (Wildman–Crippen LogP) is -3.42. The van der Waals surface area contributed by atoms with Crippen molar-refractivity contribution in [1.29, 1.82) is 0 Å². The molecule has 0 bridgehead atoms. The van der Waals surface area contributed by atoms with Gasteiger partial charge in [0, 0.05) is 106 Å². The van der Waals surface area contributed by atoms with Crippen LogP contribution in [-0.4, -0.2) is 317 Å². The molecular formula is C88H122N20O23S. The number of rotatable bonds is 25. The summed E-state index contributed by atoms with van der Waals surface area (Å²) in [5, 5.41) is 69.3. The molecule has 5 aromatic rings. The van der Waals surface area contributed by atoms with Crippen molar-refractivity contribution in [3.63, 3.8) is 0 Å². The molecule has 44 heteroatoms. The predicted molar refractivity (Wildman–Crippen MR) is 479 cm³/mol. The molecule has 0 radical (unpaired) electrons. The minimum Gasteiger partial charge on any atom is -0.508 e. The summed E-state index contributed by atoms with van der Waals surface area (Å²) >= 11 is 0.694. The summed E-state index contributed by atoms with van der Waals surface area (Å²) in [4.78, 5) is 284. The van der Waals surface area contributed by atoms with Gasteiger partial charge in [-0.05, 0) is 92.3 Å². The molecule has 3 saturated heterocycles. The lowest BCUT2D eigenvalue weighted by Gasteiger charge is -2.36. The van der Waals surface area contributed by atoms with Gasteiger partial charge in [0.1, 0.15) is 90.3 Å². The van der Waals surface area contributed by atoms with Crippen LogP contribution in [0.5, 0.6) is 5.75 Å². The van der Waals surface area contributed by atoms with Crippen molar-refractivity contribution in [3.8, 4) is 5.75 Å². The summed E-state index contributed by atoms with van der Waals surface area (Å²) in [5.74, 6) is -21.8. The summed E-state index contributed by atoms with van der Waals surface area (Å²) in [5.41, 5.74) is 19.2. The molecule has 3 fully saturated rings. The number of para-hydroxylation sites is 2. The number of H-pyrrole nitrogens is 2. The maximum Gasteiger partial charge on any atom is 0.303 e. The van der Waals surface area contributed by atoms with Gasteiger partial charge in [-0.15, -0.1) is 11.8 Å². The third-order valence-electron chi connectivity index (χ3n) is 23.4. The van der Waals surface area contributed by atoms with Crippen LogP contribution in [0, 0.1) is 5.92 Å². The van der Waals surface area contributed by atoms with E-state index in [1.165, 1.54) is 52.3 Å². The van der Waals surface area contributed by atoms with Crippen molar-refractivity contribution in [2.75, 3.05) is 58.9 Å². The number of carboxylic acids is 1. The van der Waals surface area contributed by atoms with E-state index in [1.54, 1.807) is 81.7 Å². The number of primary amides is 3. The van der Waals surface area contributed by atoms with E-state index in [1.807, 2.05) is 6.92 Å². The van der Waals surface area contributed by atoms with Crippen molar-refractivity contribution in [3.05, 3.63) is 102 Å². The van der Waals surface area contributed by atoms with Gasteiger partial charge >= 0.3 is 5.97 Å². The zero-order valence-electron chi connectivity index (χ0n) is 75.0. The second kappa shape index (κ2) is 49.1. The molecule has 43 nitrogen and oxygen atoms in total. The molecule has 0 saturated carbocycles. The van der Waals surface area contributed by atoms with Crippen LogP contribution in [-0.2, 0) is 110 Å². The monoisotopic (exact) mass is 1860 g/mol. The van der Waals surface area contributed by atoms with E-state index in [0.29, 0.717) is 69.5 Å². The number of phenolic OH excluding ortho intramolecular Hbond substituents is 1. The summed E-state index contributed by atoms with van der Waals surface area (Å²) in [6.45, 7) is 5.58. The number of aliphatic carboxylic acids is 1. The topological polar surface area (TPSA) is 651 Å². The molecule has 18 amide bonds. The van der Waals surface area contributed by atoms with Crippen LogP contribution in [0.3, 0.4) is 0 Å². The molecule has 0 spiro atoms. The Morgan fingerprint density at radius 3 is 1.61 bits per heavy atom. The number of carbonyl (C=O) groups excluding carboxylic acids is 18. The minimum atomic E-state index is -1.93. The number of aliphatic hydroxyl groups is 2. The smallest absolute Gasteiger partial charge is 0.303 e. The number of fused-ring (bicyclic) bond motifs is 4. The van der Waals surface area contributed by atoms with Crippen LogP contribution in [0.15, 0.2) is 85.2 Å². The lowest BCUT2D eigenvalue weighted by atomic mass is 10.00. The van der Waals surface area contributed by atoms with E-state index in [-0.39, 0.29) is 70.1 Å². The summed E-state index contributed by atoms with van der Waals surface area (Å²) in [6, 6.07) is -3.88. The van der Waals surface area contributed by atoms with Crippen molar-refractivity contribution in [2.45, 2.75) is 234 Å². The molecule has 3 aliphatic heterocycles. The molecule has 718 valence electrons. The first-order valence-corrected chi connectivity index (χ1v) is 45.0. The van der Waals surface area contributed by atoms with Crippen molar-refractivity contribution in [1.82, 2.24) is 87.6 Å².